The lowest BCUT2D eigenvalue weighted by molar-refractivity contribution is 0.475. The summed E-state index contributed by atoms with van der Waals surface area (Å²) in [6, 6.07) is 6.80. The van der Waals surface area contributed by atoms with Gasteiger partial charge in [-0.2, -0.15) is 0 Å². The van der Waals surface area contributed by atoms with Gasteiger partial charge >= 0.3 is 0 Å². The van der Waals surface area contributed by atoms with E-state index in [1.807, 2.05) is 6.08 Å². The van der Waals surface area contributed by atoms with Crippen LogP contribution >= 0.6 is 11.3 Å². The molecule has 4 nitrogen and oxygen atoms in total. The van der Waals surface area contributed by atoms with E-state index in [0.717, 1.165) is 29.9 Å². The molecule has 0 radical (unpaired) electrons. The molecule has 1 aromatic heterocycles. The van der Waals surface area contributed by atoms with Crippen molar-refractivity contribution >= 4 is 17.4 Å². The van der Waals surface area contributed by atoms with Gasteiger partial charge in [-0.1, -0.05) is 23.5 Å². The molecule has 1 aliphatic heterocycles. The van der Waals surface area contributed by atoms with E-state index in [1.54, 1.807) is 28.8 Å². The van der Waals surface area contributed by atoms with Crippen LogP contribution in [0.2, 0.25) is 0 Å². The number of benzene rings is 1. The molecule has 0 aliphatic carbocycles. The molecule has 0 bridgehead atoms. The van der Waals surface area contributed by atoms with E-state index in [1.165, 1.54) is 11.3 Å². The molecular weight excluding hydrogens is 248 g/mol. The van der Waals surface area contributed by atoms with E-state index < -0.39 is 0 Å². The molecule has 18 heavy (non-hydrogen) atoms. The van der Waals surface area contributed by atoms with Gasteiger partial charge in [0.1, 0.15) is 5.75 Å². The van der Waals surface area contributed by atoms with Gasteiger partial charge in [-0.25, -0.2) is 0 Å². The zero-order valence-electron chi connectivity index (χ0n) is 9.67. The van der Waals surface area contributed by atoms with Gasteiger partial charge in [0, 0.05) is 13.1 Å². The maximum Gasteiger partial charge on any atom is 0.270 e. The summed E-state index contributed by atoms with van der Waals surface area (Å²) >= 11 is 1.43. The molecule has 0 fully saturated rings. The van der Waals surface area contributed by atoms with E-state index in [9.17, 15) is 9.90 Å². The van der Waals surface area contributed by atoms with Crippen molar-refractivity contribution in [2.45, 2.75) is 13.0 Å². The summed E-state index contributed by atoms with van der Waals surface area (Å²) in [6.07, 6.45) is 2.77. The van der Waals surface area contributed by atoms with Crippen LogP contribution in [0.1, 0.15) is 12.0 Å². The van der Waals surface area contributed by atoms with Gasteiger partial charge in [0.15, 0.2) is 4.80 Å². The van der Waals surface area contributed by atoms with Gasteiger partial charge in [-0.3, -0.25) is 14.4 Å². The van der Waals surface area contributed by atoms with Crippen molar-refractivity contribution in [1.82, 2.24) is 4.57 Å². The van der Waals surface area contributed by atoms with Crippen LogP contribution in [0.4, 0.5) is 0 Å². The third-order valence-electron chi connectivity index (χ3n) is 2.87. The summed E-state index contributed by atoms with van der Waals surface area (Å²) in [5.74, 6) is 0.226. The topological polar surface area (TPSA) is 54.6 Å². The lowest BCUT2D eigenvalue weighted by Gasteiger charge is -2.03. The van der Waals surface area contributed by atoms with Crippen molar-refractivity contribution < 1.29 is 5.11 Å². The Kier molecular flexibility index (Phi) is 2.76. The Morgan fingerprint density at radius 1 is 1.33 bits per heavy atom. The molecule has 1 aromatic carbocycles. The first-order valence-electron chi connectivity index (χ1n) is 5.79. The van der Waals surface area contributed by atoms with E-state index in [-0.39, 0.29) is 11.3 Å². The van der Waals surface area contributed by atoms with Crippen LogP contribution in [-0.4, -0.2) is 16.2 Å². The molecule has 1 aliphatic rings. The first-order valence-corrected chi connectivity index (χ1v) is 6.60. The predicted molar refractivity (Wildman–Crippen MR) is 70.5 cm³/mol. The summed E-state index contributed by atoms with van der Waals surface area (Å²) in [4.78, 5) is 17.3. The van der Waals surface area contributed by atoms with Gasteiger partial charge in [0.25, 0.3) is 5.56 Å². The number of aromatic hydroxyl groups is 1. The van der Waals surface area contributed by atoms with Crippen molar-refractivity contribution in [3.8, 4) is 5.75 Å². The Morgan fingerprint density at radius 2 is 2.11 bits per heavy atom. The molecule has 0 saturated carbocycles. The molecule has 0 atom stereocenters. The minimum atomic E-state index is 0.0338. The highest BCUT2D eigenvalue weighted by Gasteiger charge is 2.08. The van der Waals surface area contributed by atoms with Crippen molar-refractivity contribution in [1.29, 1.82) is 0 Å². The molecule has 92 valence electrons. The fraction of sp³-hybridized carbons (Fsp3) is 0.231. The normalized spacial score (nSPS) is 15.2. The molecule has 5 heteroatoms. The first kappa shape index (κ1) is 11.2. The molecule has 0 saturated heterocycles. The Balaban J connectivity index is 2.16. The van der Waals surface area contributed by atoms with E-state index in [4.69, 9.17) is 0 Å². The lowest BCUT2D eigenvalue weighted by Crippen LogP contribution is -2.33. The monoisotopic (exact) mass is 260 g/mol. The number of fused-ring (bicyclic) bond motifs is 1. The Bertz CT molecular complexity index is 741. The van der Waals surface area contributed by atoms with Crippen molar-refractivity contribution in [2.24, 2.45) is 4.99 Å². The van der Waals surface area contributed by atoms with Crippen molar-refractivity contribution in [3.05, 3.63) is 49.5 Å². The molecule has 2 heterocycles. The van der Waals surface area contributed by atoms with Gasteiger partial charge in [0.2, 0.25) is 0 Å². The van der Waals surface area contributed by atoms with Gasteiger partial charge in [-0.15, -0.1) is 0 Å². The van der Waals surface area contributed by atoms with Gasteiger partial charge in [-0.05, 0) is 30.2 Å². The summed E-state index contributed by atoms with van der Waals surface area (Å²) in [5, 5.41) is 9.22. The standard InChI is InChI=1S/C13H12N2O2S/c16-10-4-2-9(3-5-10)8-11-12(17)15-7-1-6-14-13(15)18-11/h2-5,8,16H,1,6-7H2. The van der Waals surface area contributed by atoms with E-state index in [2.05, 4.69) is 4.99 Å². The number of thiazole rings is 1. The van der Waals surface area contributed by atoms with Crippen LogP contribution in [0.25, 0.3) is 6.08 Å². The fourth-order valence-corrected chi connectivity index (χ4v) is 2.98. The maximum atomic E-state index is 12.1. The van der Waals surface area contributed by atoms with Crippen LogP contribution in [0.15, 0.2) is 34.1 Å². The largest absolute Gasteiger partial charge is 0.508 e. The molecule has 1 N–H and O–H groups in total. The number of aromatic nitrogens is 1. The number of nitrogens with zero attached hydrogens (tertiary/aromatic N) is 2. The third-order valence-corrected chi connectivity index (χ3v) is 3.91. The molecule has 3 rings (SSSR count). The van der Waals surface area contributed by atoms with Crippen LogP contribution in [-0.2, 0) is 6.54 Å². The van der Waals surface area contributed by atoms with Crippen LogP contribution < -0.4 is 14.9 Å². The summed E-state index contributed by atoms with van der Waals surface area (Å²) in [6.45, 7) is 1.57. The quantitative estimate of drug-likeness (QED) is 0.810. The third kappa shape index (κ3) is 1.97. The highest BCUT2D eigenvalue weighted by atomic mass is 32.1. The lowest BCUT2D eigenvalue weighted by atomic mass is 10.2. The average Bonchev–Trinajstić information content (AvgIpc) is 2.70. The van der Waals surface area contributed by atoms with Crippen LogP contribution in [0.5, 0.6) is 5.75 Å². The highest BCUT2D eigenvalue weighted by molar-refractivity contribution is 7.07. The predicted octanol–water partition coefficient (Wildman–Crippen LogP) is 0.467. The first-order chi connectivity index (χ1) is 8.74. The molecule has 0 amide bonds. The zero-order chi connectivity index (χ0) is 12.5. The minimum absolute atomic E-state index is 0.0338. The second kappa shape index (κ2) is 4.42. The van der Waals surface area contributed by atoms with Crippen molar-refractivity contribution in [2.75, 3.05) is 6.54 Å². The summed E-state index contributed by atoms with van der Waals surface area (Å²) in [5.41, 5.74) is 0.940. The minimum Gasteiger partial charge on any atom is -0.508 e. The van der Waals surface area contributed by atoms with Gasteiger partial charge in [0.05, 0.1) is 4.53 Å². The second-order valence-corrected chi connectivity index (χ2v) is 5.19. The van der Waals surface area contributed by atoms with E-state index in [0.29, 0.717) is 4.53 Å². The Morgan fingerprint density at radius 3 is 2.83 bits per heavy atom. The number of rotatable bonds is 1. The van der Waals surface area contributed by atoms with Crippen LogP contribution in [0.3, 0.4) is 0 Å². The Labute approximate surface area is 107 Å². The maximum absolute atomic E-state index is 12.1. The van der Waals surface area contributed by atoms with E-state index >= 15 is 0 Å². The SMILES string of the molecule is O=c1c(=Cc2ccc(O)cc2)sc2n1CCCN=2. The highest BCUT2D eigenvalue weighted by Crippen LogP contribution is 2.09. The molecular formula is C13H12N2O2S. The molecule has 0 spiro atoms. The molecule has 0 unspecified atom stereocenters. The number of hydrogen-bond acceptors (Lipinski definition) is 4. The fourth-order valence-electron chi connectivity index (χ4n) is 1.95. The Hall–Kier alpha value is -1.88. The summed E-state index contributed by atoms with van der Waals surface area (Å²) < 4.78 is 2.43. The van der Waals surface area contributed by atoms with Crippen LogP contribution in [0, 0.1) is 0 Å². The van der Waals surface area contributed by atoms with Crippen molar-refractivity contribution in [3.63, 3.8) is 0 Å². The van der Waals surface area contributed by atoms with Gasteiger partial charge < -0.3 is 5.11 Å². The smallest absolute Gasteiger partial charge is 0.270 e. The summed E-state index contributed by atoms with van der Waals surface area (Å²) in [7, 11) is 0. The second-order valence-electron chi connectivity index (χ2n) is 4.18. The zero-order valence-corrected chi connectivity index (χ0v) is 10.5. The number of hydrogen-bond donors (Lipinski definition) is 1. The average molecular weight is 260 g/mol. The number of phenols is 1. The molecule has 2 aromatic rings. The number of phenolic OH excluding ortho intramolecular Hbond substituents is 1.